The molecule has 0 saturated heterocycles. The van der Waals surface area contributed by atoms with Gasteiger partial charge in [0, 0.05) is 11.8 Å². The van der Waals surface area contributed by atoms with E-state index >= 15 is 0 Å². The highest BCUT2D eigenvalue weighted by atomic mass is 16.3. The highest BCUT2D eigenvalue weighted by Gasteiger charge is 2.14. The van der Waals surface area contributed by atoms with Crippen molar-refractivity contribution in [1.29, 1.82) is 0 Å². The summed E-state index contributed by atoms with van der Waals surface area (Å²) in [4.78, 5) is 4.26. The van der Waals surface area contributed by atoms with E-state index in [0.717, 1.165) is 0 Å². The number of hydrogen-bond donors (Lipinski definition) is 3. The van der Waals surface area contributed by atoms with Crippen LogP contribution in [0.4, 0.5) is 0 Å². The van der Waals surface area contributed by atoms with Crippen LogP contribution in [0, 0.1) is 0 Å². The second-order valence-electron chi connectivity index (χ2n) is 4.61. The molecule has 0 spiro atoms. The van der Waals surface area contributed by atoms with Crippen LogP contribution in [0.5, 0.6) is 11.5 Å². The summed E-state index contributed by atoms with van der Waals surface area (Å²) in [6.45, 7) is 1.79. The molecular formula is C16H17NO3. The molecule has 0 aromatic heterocycles. The number of phenols is 2. The van der Waals surface area contributed by atoms with Crippen molar-refractivity contribution in [2.45, 2.75) is 19.1 Å². The standard InChI is InChI=1S/C16H17NO3/c1-11(16(20)12-6-8-14(18)9-7-12)17-10-13-4-2-3-5-15(13)19/h2-11,16,18-20H,1H3/t11-,16-/m0/s1. The molecule has 2 atom stereocenters. The molecule has 0 radical (unpaired) electrons. The van der Waals surface area contributed by atoms with Gasteiger partial charge in [0.05, 0.1) is 6.04 Å². The van der Waals surface area contributed by atoms with Crippen LogP contribution in [0.15, 0.2) is 53.5 Å². The number of aliphatic hydroxyl groups is 1. The van der Waals surface area contributed by atoms with Gasteiger partial charge in [-0.1, -0.05) is 24.3 Å². The second kappa shape index (κ2) is 6.21. The molecule has 104 valence electrons. The van der Waals surface area contributed by atoms with Crippen LogP contribution in [0.3, 0.4) is 0 Å². The Labute approximate surface area is 117 Å². The predicted molar refractivity (Wildman–Crippen MR) is 78.2 cm³/mol. The lowest BCUT2D eigenvalue weighted by Crippen LogP contribution is -2.12. The quantitative estimate of drug-likeness (QED) is 0.748. The number of benzene rings is 2. The van der Waals surface area contributed by atoms with Crippen LogP contribution in [-0.4, -0.2) is 27.6 Å². The van der Waals surface area contributed by atoms with Gasteiger partial charge < -0.3 is 15.3 Å². The van der Waals surface area contributed by atoms with E-state index in [2.05, 4.69) is 4.99 Å². The van der Waals surface area contributed by atoms with E-state index in [1.54, 1.807) is 43.5 Å². The average Bonchev–Trinajstić information content (AvgIpc) is 2.46. The minimum atomic E-state index is -0.766. The van der Waals surface area contributed by atoms with Crippen LogP contribution in [0.1, 0.15) is 24.2 Å². The van der Waals surface area contributed by atoms with Gasteiger partial charge >= 0.3 is 0 Å². The molecule has 0 amide bonds. The third-order valence-corrected chi connectivity index (χ3v) is 3.08. The van der Waals surface area contributed by atoms with Crippen molar-refractivity contribution in [1.82, 2.24) is 0 Å². The van der Waals surface area contributed by atoms with Crippen molar-refractivity contribution in [3.05, 3.63) is 59.7 Å². The van der Waals surface area contributed by atoms with E-state index in [1.165, 1.54) is 12.1 Å². The first-order valence-corrected chi connectivity index (χ1v) is 6.36. The monoisotopic (exact) mass is 271 g/mol. The lowest BCUT2D eigenvalue weighted by Gasteiger charge is -2.15. The van der Waals surface area contributed by atoms with Crippen LogP contribution < -0.4 is 0 Å². The van der Waals surface area contributed by atoms with Crippen molar-refractivity contribution in [3.8, 4) is 11.5 Å². The topological polar surface area (TPSA) is 73.1 Å². The number of rotatable bonds is 4. The zero-order chi connectivity index (χ0) is 14.5. The Kier molecular flexibility index (Phi) is 4.38. The molecule has 0 aliphatic heterocycles. The number of aromatic hydroxyl groups is 2. The SMILES string of the molecule is C[C@H](N=Cc1ccccc1O)[C@H](O)c1ccc(O)cc1. The largest absolute Gasteiger partial charge is 0.508 e. The van der Waals surface area contributed by atoms with Crippen molar-refractivity contribution >= 4 is 6.21 Å². The molecule has 4 nitrogen and oxygen atoms in total. The van der Waals surface area contributed by atoms with E-state index in [1.807, 2.05) is 6.07 Å². The van der Waals surface area contributed by atoms with Gasteiger partial charge in [-0.2, -0.15) is 0 Å². The van der Waals surface area contributed by atoms with E-state index in [4.69, 9.17) is 0 Å². The molecule has 0 heterocycles. The molecule has 0 aliphatic rings. The highest BCUT2D eigenvalue weighted by Crippen LogP contribution is 2.22. The van der Waals surface area contributed by atoms with Gasteiger partial charge in [-0.25, -0.2) is 0 Å². The first-order valence-electron chi connectivity index (χ1n) is 6.36. The van der Waals surface area contributed by atoms with E-state index < -0.39 is 6.10 Å². The van der Waals surface area contributed by atoms with Crippen LogP contribution in [0.2, 0.25) is 0 Å². The van der Waals surface area contributed by atoms with Crippen LogP contribution in [-0.2, 0) is 0 Å². The molecule has 0 aliphatic carbocycles. The third kappa shape index (κ3) is 3.36. The van der Waals surface area contributed by atoms with Gasteiger partial charge in [-0.05, 0) is 36.8 Å². The number of phenolic OH excluding ortho intramolecular Hbond substituents is 2. The number of nitrogens with zero attached hydrogens (tertiary/aromatic N) is 1. The van der Waals surface area contributed by atoms with Crippen LogP contribution in [0.25, 0.3) is 0 Å². The normalized spacial score (nSPS) is 14.3. The Morgan fingerprint density at radius 1 is 1.00 bits per heavy atom. The molecule has 2 aromatic rings. The fourth-order valence-electron chi connectivity index (χ4n) is 1.83. The van der Waals surface area contributed by atoms with Gasteiger partial charge in [-0.15, -0.1) is 0 Å². The summed E-state index contributed by atoms with van der Waals surface area (Å²) < 4.78 is 0. The molecule has 4 heteroatoms. The number of hydrogen-bond acceptors (Lipinski definition) is 4. The van der Waals surface area contributed by atoms with Crippen molar-refractivity contribution in [3.63, 3.8) is 0 Å². The maximum absolute atomic E-state index is 10.2. The molecule has 20 heavy (non-hydrogen) atoms. The number of aliphatic imine (C=N–C) groups is 1. The fourth-order valence-corrected chi connectivity index (χ4v) is 1.83. The summed E-state index contributed by atoms with van der Waals surface area (Å²) in [5.41, 5.74) is 1.29. The Morgan fingerprint density at radius 2 is 1.65 bits per heavy atom. The minimum Gasteiger partial charge on any atom is -0.508 e. The van der Waals surface area contributed by atoms with Crippen molar-refractivity contribution in [2.24, 2.45) is 4.99 Å². The zero-order valence-electron chi connectivity index (χ0n) is 11.1. The summed E-state index contributed by atoms with van der Waals surface area (Å²) in [5.74, 6) is 0.314. The Hall–Kier alpha value is -2.33. The number of aliphatic hydroxyl groups excluding tert-OH is 1. The van der Waals surface area contributed by atoms with E-state index in [0.29, 0.717) is 11.1 Å². The van der Waals surface area contributed by atoms with E-state index in [9.17, 15) is 15.3 Å². The first-order chi connectivity index (χ1) is 9.58. The molecule has 2 rings (SSSR count). The fraction of sp³-hybridized carbons (Fsp3) is 0.188. The zero-order valence-corrected chi connectivity index (χ0v) is 11.1. The molecule has 3 N–H and O–H groups in total. The molecular weight excluding hydrogens is 254 g/mol. The summed E-state index contributed by atoms with van der Waals surface area (Å²) in [7, 11) is 0. The smallest absolute Gasteiger partial charge is 0.124 e. The van der Waals surface area contributed by atoms with Crippen molar-refractivity contribution in [2.75, 3.05) is 0 Å². The summed E-state index contributed by atoms with van der Waals surface area (Å²) in [5, 5.41) is 29.0. The molecule has 0 bridgehead atoms. The Balaban J connectivity index is 2.09. The third-order valence-electron chi connectivity index (χ3n) is 3.08. The maximum Gasteiger partial charge on any atom is 0.124 e. The van der Waals surface area contributed by atoms with Gasteiger partial charge in [0.2, 0.25) is 0 Å². The lowest BCUT2D eigenvalue weighted by molar-refractivity contribution is 0.154. The van der Waals surface area contributed by atoms with Crippen molar-refractivity contribution < 1.29 is 15.3 Å². The van der Waals surface area contributed by atoms with Crippen LogP contribution >= 0.6 is 0 Å². The molecule has 0 unspecified atom stereocenters. The van der Waals surface area contributed by atoms with Gasteiger partial charge in [0.15, 0.2) is 0 Å². The predicted octanol–water partition coefficient (Wildman–Crippen LogP) is 2.64. The molecule has 0 saturated carbocycles. The summed E-state index contributed by atoms with van der Waals surface area (Å²) in [6.07, 6.45) is 0.779. The Bertz CT molecular complexity index is 593. The lowest BCUT2D eigenvalue weighted by atomic mass is 10.0. The molecule has 2 aromatic carbocycles. The van der Waals surface area contributed by atoms with Gasteiger partial charge in [0.25, 0.3) is 0 Å². The summed E-state index contributed by atoms with van der Waals surface area (Å²) in [6, 6.07) is 12.9. The van der Waals surface area contributed by atoms with E-state index in [-0.39, 0.29) is 17.5 Å². The molecule has 0 fully saturated rings. The Morgan fingerprint density at radius 3 is 2.30 bits per heavy atom. The summed E-state index contributed by atoms with van der Waals surface area (Å²) >= 11 is 0. The van der Waals surface area contributed by atoms with Gasteiger partial charge in [-0.3, -0.25) is 4.99 Å². The minimum absolute atomic E-state index is 0.155. The van der Waals surface area contributed by atoms with Gasteiger partial charge in [0.1, 0.15) is 17.6 Å². The average molecular weight is 271 g/mol. The number of para-hydroxylation sites is 1. The second-order valence-corrected chi connectivity index (χ2v) is 4.61. The maximum atomic E-state index is 10.2. The first kappa shape index (κ1) is 14.1. The highest BCUT2D eigenvalue weighted by molar-refractivity contribution is 5.83.